The molecular formula is C11H23NO4. The van der Waals surface area contributed by atoms with Gasteiger partial charge < -0.3 is 10.2 Å². The second-order valence-corrected chi connectivity index (χ2v) is 4.32. The molecular weight excluding hydrogens is 210 g/mol. The minimum absolute atomic E-state index is 0.249. The number of nitro groups is 1. The molecule has 0 amide bonds. The van der Waals surface area contributed by atoms with E-state index >= 15 is 0 Å². The Balaban J connectivity index is 3.81. The van der Waals surface area contributed by atoms with Crippen molar-refractivity contribution in [3.63, 3.8) is 0 Å². The van der Waals surface area contributed by atoms with Crippen LogP contribution in [0.1, 0.15) is 51.9 Å². The van der Waals surface area contributed by atoms with Gasteiger partial charge in [0.1, 0.15) is 13.2 Å². The van der Waals surface area contributed by atoms with E-state index in [1.54, 1.807) is 0 Å². The molecule has 0 atom stereocenters. The smallest absolute Gasteiger partial charge is 0.267 e. The summed E-state index contributed by atoms with van der Waals surface area (Å²) in [6.07, 6.45) is 6.45. The number of unbranched alkanes of at least 4 members (excludes halogenated alkanes) is 5. The van der Waals surface area contributed by atoms with Crippen LogP contribution in [0.2, 0.25) is 0 Å². The molecule has 5 nitrogen and oxygen atoms in total. The molecule has 96 valence electrons. The molecule has 0 radical (unpaired) electrons. The Morgan fingerprint density at radius 2 is 1.56 bits per heavy atom. The maximum Gasteiger partial charge on any atom is 0.267 e. The number of hydrogen-bond donors (Lipinski definition) is 2. The van der Waals surface area contributed by atoms with Crippen molar-refractivity contribution in [1.82, 2.24) is 0 Å². The van der Waals surface area contributed by atoms with Gasteiger partial charge in [-0.2, -0.15) is 0 Å². The van der Waals surface area contributed by atoms with E-state index in [-0.39, 0.29) is 6.42 Å². The maximum absolute atomic E-state index is 10.7. The first-order chi connectivity index (χ1) is 7.63. The van der Waals surface area contributed by atoms with Crippen LogP contribution in [0.4, 0.5) is 0 Å². The molecule has 0 aromatic rings. The van der Waals surface area contributed by atoms with Crippen LogP contribution in [0.15, 0.2) is 0 Å². The van der Waals surface area contributed by atoms with Gasteiger partial charge in [0.15, 0.2) is 0 Å². The van der Waals surface area contributed by atoms with Crippen molar-refractivity contribution in [1.29, 1.82) is 0 Å². The minimum Gasteiger partial charge on any atom is -0.389 e. The summed E-state index contributed by atoms with van der Waals surface area (Å²) in [5.41, 5.74) is -1.54. The Morgan fingerprint density at radius 1 is 1.06 bits per heavy atom. The van der Waals surface area contributed by atoms with Crippen LogP contribution in [-0.2, 0) is 0 Å². The lowest BCUT2D eigenvalue weighted by molar-refractivity contribution is -0.578. The third kappa shape index (κ3) is 4.90. The minimum atomic E-state index is -1.54. The highest BCUT2D eigenvalue weighted by Gasteiger charge is 2.40. The van der Waals surface area contributed by atoms with Crippen molar-refractivity contribution in [2.45, 2.75) is 57.4 Å². The molecule has 0 aliphatic heterocycles. The number of aliphatic hydroxyl groups is 2. The van der Waals surface area contributed by atoms with Crippen LogP contribution < -0.4 is 0 Å². The lowest BCUT2D eigenvalue weighted by atomic mass is 9.94. The zero-order valence-electron chi connectivity index (χ0n) is 10.0. The molecule has 0 heterocycles. The molecule has 0 bridgehead atoms. The van der Waals surface area contributed by atoms with Gasteiger partial charge in [-0.15, -0.1) is 0 Å². The lowest BCUT2D eigenvalue weighted by Crippen LogP contribution is -2.45. The van der Waals surface area contributed by atoms with Crippen molar-refractivity contribution < 1.29 is 15.1 Å². The topological polar surface area (TPSA) is 83.6 Å². The molecule has 0 unspecified atom stereocenters. The standard InChI is InChI=1S/C11H23NO4/c1-2-3-4-5-6-7-8-11(9-13,10-14)12(15)16/h13-14H,2-10H2,1H3. The molecule has 0 saturated carbocycles. The largest absolute Gasteiger partial charge is 0.389 e. The van der Waals surface area contributed by atoms with Gasteiger partial charge in [0, 0.05) is 11.3 Å². The van der Waals surface area contributed by atoms with E-state index in [1.807, 2.05) is 0 Å². The highest BCUT2D eigenvalue weighted by atomic mass is 16.6. The Hall–Kier alpha value is -0.680. The van der Waals surface area contributed by atoms with Crippen LogP contribution in [0, 0.1) is 10.1 Å². The first-order valence-corrected chi connectivity index (χ1v) is 5.99. The molecule has 0 saturated heterocycles. The lowest BCUT2D eigenvalue weighted by Gasteiger charge is -2.20. The fraction of sp³-hybridized carbons (Fsp3) is 1.00. The van der Waals surface area contributed by atoms with Gasteiger partial charge in [-0.05, 0) is 6.42 Å². The van der Waals surface area contributed by atoms with E-state index in [9.17, 15) is 10.1 Å². The summed E-state index contributed by atoms with van der Waals surface area (Å²) in [6.45, 7) is 0.951. The Bertz CT molecular complexity index is 192. The highest BCUT2D eigenvalue weighted by molar-refractivity contribution is 4.77. The van der Waals surface area contributed by atoms with Crippen LogP contribution in [0.5, 0.6) is 0 Å². The summed E-state index contributed by atoms with van der Waals surface area (Å²) < 4.78 is 0. The van der Waals surface area contributed by atoms with Gasteiger partial charge in [-0.3, -0.25) is 10.1 Å². The quantitative estimate of drug-likeness (QED) is 0.342. The first-order valence-electron chi connectivity index (χ1n) is 5.99. The van der Waals surface area contributed by atoms with Crippen LogP contribution in [0.25, 0.3) is 0 Å². The summed E-state index contributed by atoms with van der Waals surface area (Å²) in [7, 11) is 0. The summed E-state index contributed by atoms with van der Waals surface area (Å²) in [4.78, 5) is 10.2. The van der Waals surface area contributed by atoms with Crippen LogP contribution in [0.3, 0.4) is 0 Å². The van der Waals surface area contributed by atoms with E-state index in [2.05, 4.69) is 6.92 Å². The maximum atomic E-state index is 10.7. The Kier molecular flexibility index (Phi) is 8.11. The summed E-state index contributed by atoms with van der Waals surface area (Å²) in [5, 5.41) is 28.7. The van der Waals surface area contributed by atoms with Gasteiger partial charge in [0.25, 0.3) is 5.54 Å². The number of aliphatic hydroxyl groups excluding tert-OH is 2. The predicted molar refractivity (Wildman–Crippen MR) is 61.9 cm³/mol. The van der Waals surface area contributed by atoms with E-state index in [4.69, 9.17) is 10.2 Å². The average molecular weight is 233 g/mol. The predicted octanol–water partition coefficient (Wildman–Crippen LogP) is 1.74. The zero-order chi connectivity index (χ0) is 12.4. The molecule has 0 aromatic heterocycles. The molecule has 0 fully saturated rings. The molecule has 5 heteroatoms. The van der Waals surface area contributed by atoms with Crippen LogP contribution >= 0.6 is 0 Å². The second kappa shape index (κ2) is 8.47. The van der Waals surface area contributed by atoms with E-state index < -0.39 is 23.7 Å². The van der Waals surface area contributed by atoms with Crippen molar-refractivity contribution in [3.05, 3.63) is 10.1 Å². The Labute approximate surface area is 96.6 Å². The van der Waals surface area contributed by atoms with Crippen LogP contribution in [-0.4, -0.2) is 33.9 Å². The van der Waals surface area contributed by atoms with Crippen molar-refractivity contribution in [3.8, 4) is 0 Å². The van der Waals surface area contributed by atoms with Crippen molar-refractivity contribution in [2.24, 2.45) is 0 Å². The second-order valence-electron chi connectivity index (χ2n) is 4.32. The third-order valence-corrected chi connectivity index (χ3v) is 2.97. The van der Waals surface area contributed by atoms with Crippen molar-refractivity contribution >= 4 is 0 Å². The zero-order valence-corrected chi connectivity index (χ0v) is 10.0. The molecule has 2 N–H and O–H groups in total. The fourth-order valence-corrected chi connectivity index (χ4v) is 1.65. The van der Waals surface area contributed by atoms with Gasteiger partial charge >= 0.3 is 0 Å². The van der Waals surface area contributed by atoms with Gasteiger partial charge in [-0.25, -0.2) is 0 Å². The molecule has 0 aromatic carbocycles. The SMILES string of the molecule is CCCCCCCCC(CO)(CO)[N+](=O)[O-]. The Morgan fingerprint density at radius 3 is 2.00 bits per heavy atom. The van der Waals surface area contributed by atoms with Gasteiger partial charge in [0.05, 0.1) is 0 Å². The summed E-state index contributed by atoms with van der Waals surface area (Å²) in [6, 6.07) is 0. The summed E-state index contributed by atoms with van der Waals surface area (Å²) >= 11 is 0. The van der Waals surface area contributed by atoms with E-state index in [0.717, 1.165) is 19.3 Å². The monoisotopic (exact) mass is 233 g/mol. The fourth-order valence-electron chi connectivity index (χ4n) is 1.65. The van der Waals surface area contributed by atoms with E-state index in [1.165, 1.54) is 12.8 Å². The first kappa shape index (κ1) is 15.3. The molecule has 0 rings (SSSR count). The number of hydrogen-bond acceptors (Lipinski definition) is 4. The van der Waals surface area contributed by atoms with E-state index in [0.29, 0.717) is 6.42 Å². The molecule has 0 aliphatic carbocycles. The number of nitrogens with zero attached hydrogens (tertiary/aromatic N) is 1. The third-order valence-electron chi connectivity index (χ3n) is 2.97. The molecule has 0 aliphatic rings. The normalized spacial score (nSPS) is 11.7. The van der Waals surface area contributed by atoms with Gasteiger partial charge in [-0.1, -0.05) is 39.0 Å². The number of rotatable bonds is 10. The average Bonchev–Trinajstić information content (AvgIpc) is 2.28. The van der Waals surface area contributed by atoms with Crippen molar-refractivity contribution in [2.75, 3.05) is 13.2 Å². The molecule has 16 heavy (non-hydrogen) atoms. The highest BCUT2D eigenvalue weighted by Crippen LogP contribution is 2.19. The van der Waals surface area contributed by atoms with Gasteiger partial charge in [0.2, 0.25) is 0 Å². The summed E-state index contributed by atoms with van der Waals surface area (Å²) in [5.74, 6) is 0. The molecule has 0 spiro atoms.